The van der Waals surface area contributed by atoms with Gasteiger partial charge in [-0.05, 0) is 24.5 Å². The lowest BCUT2D eigenvalue weighted by Crippen LogP contribution is -2.41. The van der Waals surface area contributed by atoms with Gasteiger partial charge in [0.1, 0.15) is 0 Å². The van der Waals surface area contributed by atoms with Crippen molar-refractivity contribution in [2.24, 2.45) is 0 Å². The first kappa shape index (κ1) is 15.7. The van der Waals surface area contributed by atoms with Gasteiger partial charge in [-0.2, -0.15) is 0 Å². The molecule has 1 fully saturated rings. The molecule has 1 aromatic rings. The van der Waals surface area contributed by atoms with Crippen LogP contribution in [0.2, 0.25) is 0 Å². The van der Waals surface area contributed by atoms with Gasteiger partial charge < -0.3 is 15.4 Å². The molecule has 0 unspecified atom stereocenters. The lowest BCUT2D eigenvalue weighted by Gasteiger charge is -2.21. The molecule has 116 valence electrons. The van der Waals surface area contributed by atoms with Gasteiger partial charge in [-0.15, -0.1) is 0 Å². The molecule has 0 atom stereocenters. The minimum atomic E-state index is -0.138. The predicted octanol–water partition coefficient (Wildman–Crippen LogP) is 0.992. The molecule has 1 aromatic heterocycles. The molecule has 2 amide bonds. The summed E-state index contributed by atoms with van der Waals surface area (Å²) < 4.78 is 5.12. The minimum absolute atomic E-state index is 0.138. The number of rotatable bonds is 9. The fourth-order valence-electron chi connectivity index (χ4n) is 2.19. The van der Waals surface area contributed by atoms with E-state index in [4.69, 9.17) is 4.74 Å². The number of hydrogen-bond donors (Lipinski definition) is 2. The highest BCUT2D eigenvalue weighted by Gasteiger charge is 2.28. The molecule has 1 heterocycles. The number of carbonyl (C=O) groups excluding carboxylic acids is 1. The molecule has 1 aliphatic rings. The lowest BCUT2D eigenvalue weighted by atomic mass is 10.3. The monoisotopic (exact) mass is 292 g/mol. The maximum atomic E-state index is 11.7. The standard InChI is InChI=1S/C15H24N4O2/c1-21-10-9-19(14-4-5-14)8-7-17-15(20)18-12-13-3-2-6-16-11-13/h2-3,6,11,14H,4-5,7-10,12H2,1H3,(H2,17,18,20). The fourth-order valence-corrected chi connectivity index (χ4v) is 2.19. The molecule has 0 spiro atoms. The third kappa shape index (κ3) is 6.10. The zero-order chi connectivity index (χ0) is 14.9. The van der Waals surface area contributed by atoms with Gasteiger partial charge in [0.25, 0.3) is 0 Å². The van der Waals surface area contributed by atoms with E-state index in [2.05, 4.69) is 20.5 Å². The van der Waals surface area contributed by atoms with Crippen LogP contribution in [0.3, 0.4) is 0 Å². The average molecular weight is 292 g/mol. The van der Waals surface area contributed by atoms with Crippen molar-refractivity contribution >= 4 is 6.03 Å². The van der Waals surface area contributed by atoms with Crippen molar-refractivity contribution in [3.05, 3.63) is 30.1 Å². The van der Waals surface area contributed by atoms with Crippen molar-refractivity contribution in [1.82, 2.24) is 20.5 Å². The smallest absolute Gasteiger partial charge is 0.315 e. The Balaban J connectivity index is 1.59. The quantitative estimate of drug-likeness (QED) is 0.712. The highest BCUT2D eigenvalue weighted by Crippen LogP contribution is 2.25. The number of ether oxygens (including phenoxy) is 1. The number of nitrogens with zero attached hydrogens (tertiary/aromatic N) is 2. The SMILES string of the molecule is COCCN(CCNC(=O)NCc1cccnc1)C1CC1. The Morgan fingerprint density at radius 3 is 2.95 bits per heavy atom. The third-order valence-electron chi connectivity index (χ3n) is 3.51. The molecule has 0 bridgehead atoms. The Labute approximate surface area is 125 Å². The molecule has 0 aliphatic heterocycles. The molecule has 2 rings (SSSR count). The van der Waals surface area contributed by atoms with E-state index in [0.717, 1.165) is 25.3 Å². The Morgan fingerprint density at radius 1 is 1.43 bits per heavy atom. The summed E-state index contributed by atoms with van der Waals surface area (Å²) in [6, 6.07) is 4.34. The van der Waals surface area contributed by atoms with Crippen molar-refractivity contribution in [2.45, 2.75) is 25.4 Å². The van der Waals surface area contributed by atoms with Gasteiger partial charge in [-0.3, -0.25) is 9.88 Å². The zero-order valence-corrected chi connectivity index (χ0v) is 12.5. The number of carbonyl (C=O) groups is 1. The van der Waals surface area contributed by atoms with Crippen LogP contribution in [0.4, 0.5) is 4.79 Å². The van der Waals surface area contributed by atoms with Crippen LogP contribution in [0.1, 0.15) is 18.4 Å². The van der Waals surface area contributed by atoms with E-state index in [-0.39, 0.29) is 6.03 Å². The number of methoxy groups -OCH3 is 1. The summed E-state index contributed by atoms with van der Waals surface area (Å²) in [6.07, 6.45) is 5.99. The summed E-state index contributed by atoms with van der Waals surface area (Å²) in [5, 5.41) is 5.72. The summed E-state index contributed by atoms with van der Waals surface area (Å²) in [5.41, 5.74) is 0.993. The Kier molecular flexibility index (Phi) is 6.43. The second-order valence-electron chi connectivity index (χ2n) is 5.23. The van der Waals surface area contributed by atoms with Crippen LogP contribution < -0.4 is 10.6 Å². The molecule has 6 heteroatoms. The van der Waals surface area contributed by atoms with Crippen LogP contribution in [0, 0.1) is 0 Å². The van der Waals surface area contributed by atoms with Gasteiger partial charge in [-0.25, -0.2) is 4.79 Å². The number of pyridine rings is 1. The first-order chi connectivity index (χ1) is 10.3. The first-order valence-electron chi connectivity index (χ1n) is 7.43. The Morgan fingerprint density at radius 2 is 2.29 bits per heavy atom. The Hall–Kier alpha value is -1.66. The molecular weight excluding hydrogens is 268 g/mol. The van der Waals surface area contributed by atoms with E-state index in [1.165, 1.54) is 12.8 Å². The largest absolute Gasteiger partial charge is 0.383 e. The number of hydrogen-bond acceptors (Lipinski definition) is 4. The average Bonchev–Trinajstić information content (AvgIpc) is 3.34. The van der Waals surface area contributed by atoms with Crippen LogP contribution in [-0.4, -0.2) is 55.3 Å². The zero-order valence-electron chi connectivity index (χ0n) is 12.5. The highest BCUT2D eigenvalue weighted by atomic mass is 16.5. The predicted molar refractivity (Wildman–Crippen MR) is 80.9 cm³/mol. The van der Waals surface area contributed by atoms with Crippen LogP contribution in [0.25, 0.3) is 0 Å². The second-order valence-corrected chi connectivity index (χ2v) is 5.23. The van der Waals surface area contributed by atoms with E-state index in [0.29, 0.717) is 19.1 Å². The number of aromatic nitrogens is 1. The molecule has 6 nitrogen and oxygen atoms in total. The maximum absolute atomic E-state index is 11.7. The lowest BCUT2D eigenvalue weighted by molar-refractivity contribution is 0.144. The summed E-state index contributed by atoms with van der Waals surface area (Å²) in [7, 11) is 1.72. The van der Waals surface area contributed by atoms with Gasteiger partial charge in [-0.1, -0.05) is 6.07 Å². The van der Waals surface area contributed by atoms with Gasteiger partial charge in [0.2, 0.25) is 0 Å². The van der Waals surface area contributed by atoms with E-state index < -0.39 is 0 Å². The fraction of sp³-hybridized carbons (Fsp3) is 0.600. The van der Waals surface area contributed by atoms with E-state index in [1.54, 1.807) is 19.5 Å². The molecule has 0 aromatic carbocycles. The van der Waals surface area contributed by atoms with Crippen molar-refractivity contribution in [3.63, 3.8) is 0 Å². The number of nitrogens with one attached hydrogen (secondary N) is 2. The van der Waals surface area contributed by atoms with Gasteiger partial charge in [0.15, 0.2) is 0 Å². The van der Waals surface area contributed by atoms with E-state index in [1.807, 2.05) is 12.1 Å². The van der Waals surface area contributed by atoms with Gasteiger partial charge in [0.05, 0.1) is 6.61 Å². The molecule has 0 radical (unpaired) electrons. The normalized spacial score (nSPS) is 14.2. The first-order valence-corrected chi connectivity index (χ1v) is 7.43. The van der Waals surface area contributed by atoms with Crippen LogP contribution in [-0.2, 0) is 11.3 Å². The van der Waals surface area contributed by atoms with Gasteiger partial charge >= 0.3 is 6.03 Å². The highest BCUT2D eigenvalue weighted by molar-refractivity contribution is 5.73. The van der Waals surface area contributed by atoms with E-state index >= 15 is 0 Å². The molecular formula is C15H24N4O2. The van der Waals surface area contributed by atoms with Crippen LogP contribution >= 0.6 is 0 Å². The summed E-state index contributed by atoms with van der Waals surface area (Å²) in [6.45, 7) is 3.69. The Bertz CT molecular complexity index is 423. The molecule has 21 heavy (non-hydrogen) atoms. The molecule has 0 saturated heterocycles. The van der Waals surface area contributed by atoms with E-state index in [9.17, 15) is 4.79 Å². The number of urea groups is 1. The molecule has 1 aliphatic carbocycles. The van der Waals surface area contributed by atoms with Gasteiger partial charge in [0, 0.05) is 51.7 Å². The van der Waals surface area contributed by atoms with Crippen LogP contribution in [0.15, 0.2) is 24.5 Å². The molecule has 2 N–H and O–H groups in total. The second kappa shape index (κ2) is 8.59. The third-order valence-corrected chi connectivity index (χ3v) is 3.51. The summed E-state index contributed by atoms with van der Waals surface area (Å²) in [5.74, 6) is 0. The van der Waals surface area contributed by atoms with Crippen molar-refractivity contribution in [1.29, 1.82) is 0 Å². The van der Waals surface area contributed by atoms with Crippen LogP contribution in [0.5, 0.6) is 0 Å². The maximum Gasteiger partial charge on any atom is 0.315 e. The van der Waals surface area contributed by atoms with Crippen molar-refractivity contribution in [2.75, 3.05) is 33.4 Å². The minimum Gasteiger partial charge on any atom is -0.383 e. The van der Waals surface area contributed by atoms with Crippen molar-refractivity contribution in [3.8, 4) is 0 Å². The van der Waals surface area contributed by atoms with Crippen molar-refractivity contribution < 1.29 is 9.53 Å². The number of amides is 2. The summed E-state index contributed by atoms with van der Waals surface area (Å²) in [4.78, 5) is 18.1. The summed E-state index contributed by atoms with van der Waals surface area (Å²) >= 11 is 0. The molecule has 1 saturated carbocycles. The topological polar surface area (TPSA) is 66.5 Å².